The van der Waals surface area contributed by atoms with Gasteiger partial charge in [-0.2, -0.15) is 0 Å². The van der Waals surface area contributed by atoms with Crippen LogP contribution in [0.3, 0.4) is 0 Å². The van der Waals surface area contributed by atoms with Gasteiger partial charge < -0.3 is 10.3 Å². The molecule has 0 unspecified atom stereocenters. The van der Waals surface area contributed by atoms with Gasteiger partial charge in [0.25, 0.3) is 11.2 Å². The van der Waals surface area contributed by atoms with E-state index >= 15 is 0 Å². The van der Waals surface area contributed by atoms with Gasteiger partial charge >= 0.3 is 0 Å². The lowest BCUT2D eigenvalue weighted by Gasteiger charge is -2.17. The molecule has 2 rings (SSSR count). The van der Waals surface area contributed by atoms with E-state index in [0.717, 1.165) is 0 Å². The lowest BCUT2D eigenvalue weighted by molar-refractivity contribution is -0.384. The van der Waals surface area contributed by atoms with Crippen molar-refractivity contribution < 1.29 is 4.92 Å². The predicted octanol–water partition coefficient (Wildman–Crippen LogP) is 2.59. The summed E-state index contributed by atoms with van der Waals surface area (Å²) in [6.45, 7) is 3.73. The molecule has 20 heavy (non-hydrogen) atoms. The number of aromatic nitrogens is 1. The Morgan fingerprint density at radius 2 is 1.95 bits per heavy atom. The molecule has 104 valence electrons. The second-order valence-corrected chi connectivity index (χ2v) is 4.75. The van der Waals surface area contributed by atoms with Gasteiger partial charge in [0.05, 0.1) is 16.3 Å². The summed E-state index contributed by atoms with van der Waals surface area (Å²) in [5.74, 6) is 0. The van der Waals surface area contributed by atoms with Gasteiger partial charge in [-0.1, -0.05) is 12.1 Å². The van der Waals surface area contributed by atoms with Crippen molar-refractivity contribution >= 4 is 11.4 Å². The Labute approximate surface area is 115 Å². The first-order valence-electron chi connectivity index (χ1n) is 6.17. The minimum absolute atomic E-state index is 0.0120. The lowest BCUT2D eigenvalue weighted by Crippen LogP contribution is -2.25. The summed E-state index contributed by atoms with van der Waals surface area (Å²) in [6, 6.07) is 9.32. The number of nitrogens with zero attached hydrogens (tertiary/aromatic N) is 2. The number of pyridine rings is 1. The van der Waals surface area contributed by atoms with E-state index in [-0.39, 0.29) is 23.0 Å². The van der Waals surface area contributed by atoms with E-state index in [1.807, 2.05) is 13.8 Å². The molecule has 0 saturated carbocycles. The number of rotatable bonds is 3. The van der Waals surface area contributed by atoms with Gasteiger partial charge in [-0.25, -0.2) is 0 Å². The van der Waals surface area contributed by atoms with Gasteiger partial charge in [-0.3, -0.25) is 14.9 Å². The molecule has 0 amide bonds. The summed E-state index contributed by atoms with van der Waals surface area (Å²) in [6.07, 6.45) is 0. The Bertz CT molecular complexity index is 720. The average molecular weight is 273 g/mol. The SMILES string of the molecule is CC(C)n1c(-c2cccc([N+](=O)[O-])c2)ccc(N)c1=O. The smallest absolute Gasteiger partial charge is 0.274 e. The number of nitrogen functional groups attached to an aromatic ring is 1. The lowest BCUT2D eigenvalue weighted by atomic mass is 10.1. The van der Waals surface area contributed by atoms with E-state index < -0.39 is 4.92 Å². The van der Waals surface area contributed by atoms with E-state index in [9.17, 15) is 14.9 Å². The number of hydrogen-bond donors (Lipinski definition) is 1. The zero-order chi connectivity index (χ0) is 14.9. The van der Waals surface area contributed by atoms with Crippen LogP contribution in [0.2, 0.25) is 0 Å². The van der Waals surface area contributed by atoms with E-state index in [4.69, 9.17) is 5.73 Å². The van der Waals surface area contributed by atoms with Crippen molar-refractivity contribution in [1.82, 2.24) is 4.57 Å². The van der Waals surface area contributed by atoms with Crippen LogP contribution in [0, 0.1) is 10.1 Å². The van der Waals surface area contributed by atoms with E-state index in [1.165, 1.54) is 22.8 Å². The molecule has 1 heterocycles. The highest BCUT2D eigenvalue weighted by Crippen LogP contribution is 2.25. The summed E-state index contributed by atoms with van der Waals surface area (Å²) >= 11 is 0. The maximum atomic E-state index is 12.1. The Balaban J connectivity index is 2.70. The van der Waals surface area contributed by atoms with Gasteiger partial charge in [0, 0.05) is 23.7 Å². The number of nitro groups is 1. The molecule has 1 aromatic carbocycles. The molecule has 0 saturated heterocycles. The van der Waals surface area contributed by atoms with Crippen LogP contribution in [0.4, 0.5) is 11.4 Å². The molecule has 2 aromatic rings. The summed E-state index contributed by atoms with van der Waals surface area (Å²) in [5.41, 5.74) is 6.73. The van der Waals surface area contributed by atoms with Crippen LogP contribution < -0.4 is 11.3 Å². The number of hydrogen-bond acceptors (Lipinski definition) is 4. The summed E-state index contributed by atoms with van der Waals surface area (Å²) in [4.78, 5) is 22.5. The van der Waals surface area contributed by atoms with Crippen LogP contribution in [0.5, 0.6) is 0 Å². The number of nitro benzene ring substituents is 1. The fourth-order valence-electron chi connectivity index (χ4n) is 2.10. The third-order valence-corrected chi connectivity index (χ3v) is 3.02. The minimum atomic E-state index is -0.460. The van der Waals surface area contributed by atoms with Crippen molar-refractivity contribution in [3.8, 4) is 11.3 Å². The Morgan fingerprint density at radius 1 is 1.25 bits per heavy atom. The molecular formula is C14H15N3O3. The molecule has 0 spiro atoms. The van der Waals surface area contributed by atoms with Crippen molar-refractivity contribution in [1.29, 1.82) is 0 Å². The largest absolute Gasteiger partial charge is 0.394 e. The highest BCUT2D eigenvalue weighted by atomic mass is 16.6. The Kier molecular flexibility index (Phi) is 3.56. The van der Waals surface area contributed by atoms with Gasteiger partial charge in [-0.05, 0) is 26.0 Å². The fraction of sp³-hybridized carbons (Fsp3) is 0.214. The average Bonchev–Trinajstić information content (AvgIpc) is 2.41. The first-order valence-corrected chi connectivity index (χ1v) is 6.17. The monoisotopic (exact) mass is 273 g/mol. The molecule has 0 aliphatic heterocycles. The van der Waals surface area contributed by atoms with Crippen LogP contribution in [0.25, 0.3) is 11.3 Å². The normalized spacial score (nSPS) is 10.8. The molecule has 0 radical (unpaired) electrons. The highest BCUT2D eigenvalue weighted by molar-refractivity contribution is 5.64. The van der Waals surface area contributed by atoms with Gasteiger partial charge in [0.15, 0.2) is 0 Å². The van der Waals surface area contributed by atoms with Crippen LogP contribution >= 0.6 is 0 Å². The Morgan fingerprint density at radius 3 is 2.55 bits per heavy atom. The molecular weight excluding hydrogens is 258 g/mol. The maximum absolute atomic E-state index is 12.1. The molecule has 0 bridgehead atoms. The molecule has 0 fully saturated rings. The molecule has 1 aromatic heterocycles. The van der Waals surface area contributed by atoms with Crippen LogP contribution in [-0.2, 0) is 0 Å². The predicted molar refractivity (Wildman–Crippen MR) is 77.6 cm³/mol. The van der Waals surface area contributed by atoms with Crippen molar-refractivity contribution in [2.75, 3.05) is 5.73 Å². The molecule has 6 heteroatoms. The first-order chi connectivity index (χ1) is 9.41. The molecule has 0 atom stereocenters. The molecule has 2 N–H and O–H groups in total. The summed E-state index contributed by atoms with van der Waals surface area (Å²) in [5, 5.41) is 10.8. The van der Waals surface area contributed by atoms with Crippen molar-refractivity contribution in [2.24, 2.45) is 0 Å². The zero-order valence-electron chi connectivity index (χ0n) is 11.2. The van der Waals surface area contributed by atoms with Gasteiger partial charge in [-0.15, -0.1) is 0 Å². The summed E-state index contributed by atoms with van der Waals surface area (Å²) in [7, 11) is 0. The number of non-ortho nitro benzene ring substituents is 1. The fourth-order valence-corrected chi connectivity index (χ4v) is 2.10. The van der Waals surface area contributed by atoms with Crippen molar-refractivity contribution in [3.63, 3.8) is 0 Å². The quantitative estimate of drug-likeness (QED) is 0.687. The molecule has 0 aliphatic carbocycles. The zero-order valence-corrected chi connectivity index (χ0v) is 11.2. The number of nitrogens with two attached hydrogens (primary N) is 1. The summed E-state index contributed by atoms with van der Waals surface area (Å²) < 4.78 is 1.54. The Hall–Kier alpha value is -2.63. The number of anilines is 1. The highest BCUT2D eigenvalue weighted by Gasteiger charge is 2.14. The van der Waals surface area contributed by atoms with Crippen LogP contribution in [0.1, 0.15) is 19.9 Å². The van der Waals surface area contributed by atoms with E-state index in [1.54, 1.807) is 18.2 Å². The topological polar surface area (TPSA) is 91.2 Å². The first kappa shape index (κ1) is 13.8. The van der Waals surface area contributed by atoms with E-state index in [2.05, 4.69) is 0 Å². The standard InChI is InChI=1S/C14H15N3O3/c1-9(2)16-13(7-6-12(15)14(16)18)10-4-3-5-11(8-10)17(19)20/h3-9H,15H2,1-2H3. The van der Waals surface area contributed by atoms with Crippen molar-refractivity contribution in [2.45, 2.75) is 19.9 Å². The minimum Gasteiger partial charge on any atom is -0.394 e. The maximum Gasteiger partial charge on any atom is 0.274 e. The van der Waals surface area contributed by atoms with Crippen LogP contribution in [-0.4, -0.2) is 9.49 Å². The second-order valence-electron chi connectivity index (χ2n) is 4.75. The van der Waals surface area contributed by atoms with Crippen LogP contribution in [0.15, 0.2) is 41.2 Å². The molecule has 6 nitrogen and oxygen atoms in total. The van der Waals surface area contributed by atoms with Gasteiger partial charge in [0.1, 0.15) is 0 Å². The van der Waals surface area contributed by atoms with Gasteiger partial charge in [0.2, 0.25) is 0 Å². The number of benzene rings is 1. The van der Waals surface area contributed by atoms with Crippen molar-refractivity contribution in [3.05, 3.63) is 56.9 Å². The van der Waals surface area contributed by atoms with E-state index in [0.29, 0.717) is 11.3 Å². The second kappa shape index (κ2) is 5.16. The third kappa shape index (κ3) is 2.40. The third-order valence-electron chi connectivity index (χ3n) is 3.02. The molecule has 0 aliphatic rings.